The lowest BCUT2D eigenvalue weighted by Gasteiger charge is -2.25. The molecule has 0 atom stereocenters. The first-order valence-electron chi connectivity index (χ1n) is 8.14. The van der Waals surface area contributed by atoms with Crippen molar-refractivity contribution in [2.75, 3.05) is 45.1 Å². The number of ether oxygens (including phenoxy) is 1. The Morgan fingerprint density at radius 3 is 2.64 bits per heavy atom. The van der Waals surface area contributed by atoms with Gasteiger partial charge in [-0.3, -0.25) is 4.99 Å². The Hall–Kier alpha value is -0.860. The van der Waals surface area contributed by atoms with E-state index in [0.717, 1.165) is 19.4 Å². The van der Waals surface area contributed by atoms with Crippen LogP contribution >= 0.6 is 0 Å². The van der Waals surface area contributed by atoms with E-state index in [9.17, 15) is 8.42 Å². The van der Waals surface area contributed by atoms with Crippen LogP contribution in [0.25, 0.3) is 0 Å². The van der Waals surface area contributed by atoms with Crippen molar-refractivity contribution in [2.24, 2.45) is 10.9 Å². The van der Waals surface area contributed by atoms with Gasteiger partial charge < -0.3 is 15.4 Å². The maximum Gasteiger partial charge on any atom is 0.213 e. The Morgan fingerprint density at radius 1 is 1.27 bits per heavy atom. The summed E-state index contributed by atoms with van der Waals surface area (Å²) in [5.74, 6) is 1.20. The predicted molar refractivity (Wildman–Crippen MR) is 89.6 cm³/mol. The summed E-state index contributed by atoms with van der Waals surface area (Å²) in [6.07, 6.45) is 3.49. The lowest BCUT2D eigenvalue weighted by Crippen LogP contribution is -2.42. The minimum atomic E-state index is -3.21. The zero-order chi connectivity index (χ0) is 16.3. The summed E-state index contributed by atoms with van der Waals surface area (Å²) >= 11 is 0. The standard InChI is InChI=1S/C14H30N4O3S/c1-3-15-14(16-8-10-21-4-2)17-9-11-22(19,20)18-12-13-6-5-7-13/h13,18H,3-12H2,1-2H3,(H2,15,16,17). The smallest absolute Gasteiger partial charge is 0.213 e. The summed E-state index contributed by atoms with van der Waals surface area (Å²) < 4.78 is 31.7. The molecule has 0 unspecified atom stereocenters. The average Bonchev–Trinajstić information content (AvgIpc) is 2.41. The first-order valence-corrected chi connectivity index (χ1v) is 9.80. The van der Waals surface area contributed by atoms with Gasteiger partial charge in [-0.15, -0.1) is 0 Å². The monoisotopic (exact) mass is 334 g/mol. The molecule has 0 bridgehead atoms. The molecule has 7 nitrogen and oxygen atoms in total. The molecule has 0 aliphatic heterocycles. The highest BCUT2D eigenvalue weighted by atomic mass is 32.2. The van der Waals surface area contributed by atoms with Crippen LogP contribution in [0.3, 0.4) is 0 Å². The zero-order valence-corrected chi connectivity index (χ0v) is 14.5. The van der Waals surface area contributed by atoms with E-state index in [0.29, 0.717) is 44.7 Å². The molecule has 0 aromatic carbocycles. The van der Waals surface area contributed by atoms with Gasteiger partial charge in [0.25, 0.3) is 0 Å². The fourth-order valence-corrected chi connectivity index (χ4v) is 3.03. The average molecular weight is 334 g/mol. The Labute approximate surface area is 134 Å². The summed E-state index contributed by atoms with van der Waals surface area (Å²) in [6, 6.07) is 0. The van der Waals surface area contributed by atoms with Crippen LogP contribution in [0.2, 0.25) is 0 Å². The number of sulfonamides is 1. The highest BCUT2D eigenvalue weighted by molar-refractivity contribution is 7.89. The lowest BCUT2D eigenvalue weighted by atomic mass is 9.86. The van der Waals surface area contributed by atoms with Gasteiger partial charge in [-0.05, 0) is 32.6 Å². The van der Waals surface area contributed by atoms with E-state index in [1.54, 1.807) is 0 Å². The highest BCUT2D eigenvalue weighted by Gasteiger charge is 2.19. The number of nitrogens with zero attached hydrogens (tertiary/aromatic N) is 1. The van der Waals surface area contributed by atoms with E-state index in [-0.39, 0.29) is 5.75 Å². The normalized spacial score (nSPS) is 16.4. The van der Waals surface area contributed by atoms with Gasteiger partial charge in [-0.2, -0.15) is 0 Å². The minimum absolute atomic E-state index is 0.0512. The van der Waals surface area contributed by atoms with Crippen LogP contribution in [0, 0.1) is 5.92 Å². The molecular formula is C14H30N4O3S. The van der Waals surface area contributed by atoms with Crippen LogP contribution in [0.1, 0.15) is 33.1 Å². The highest BCUT2D eigenvalue weighted by Crippen LogP contribution is 2.25. The Balaban J connectivity index is 2.24. The number of guanidine groups is 1. The van der Waals surface area contributed by atoms with E-state index in [1.807, 2.05) is 13.8 Å². The van der Waals surface area contributed by atoms with E-state index in [1.165, 1.54) is 6.42 Å². The molecule has 0 spiro atoms. The molecule has 1 rings (SSSR count). The molecular weight excluding hydrogens is 304 g/mol. The molecule has 0 aromatic rings. The second kappa shape index (κ2) is 10.8. The van der Waals surface area contributed by atoms with Gasteiger partial charge in [0, 0.05) is 26.2 Å². The molecule has 3 N–H and O–H groups in total. The molecule has 8 heteroatoms. The van der Waals surface area contributed by atoms with Crippen LogP contribution in [-0.2, 0) is 14.8 Å². The van der Waals surface area contributed by atoms with Gasteiger partial charge in [0.15, 0.2) is 5.96 Å². The summed E-state index contributed by atoms with van der Waals surface area (Å²) in [4.78, 5) is 4.32. The van der Waals surface area contributed by atoms with Gasteiger partial charge >= 0.3 is 0 Å². The summed E-state index contributed by atoms with van der Waals surface area (Å²) in [5, 5.41) is 6.12. The van der Waals surface area contributed by atoms with E-state index in [4.69, 9.17) is 4.74 Å². The molecule has 0 radical (unpaired) electrons. The van der Waals surface area contributed by atoms with Crippen molar-refractivity contribution in [3.05, 3.63) is 0 Å². The summed E-state index contributed by atoms with van der Waals surface area (Å²) in [5.41, 5.74) is 0. The molecule has 1 fully saturated rings. The topological polar surface area (TPSA) is 91.8 Å². The molecule has 1 aliphatic rings. The lowest BCUT2D eigenvalue weighted by molar-refractivity contribution is 0.155. The van der Waals surface area contributed by atoms with Gasteiger partial charge in [-0.25, -0.2) is 13.1 Å². The number of aliphatic imine (C=N–C) groups is 1. The third-order valence-electron chi connectivity index (χ3n) is 3.53. The minimum Gasteiger partial charge on any atom is -0.380 e. The van der Waals surface area contributed by atoms with E-state index in [2.05, 4.69) is 20.3 Å². The fourth-order valence-electron chi connectivity index (χ4n) is 2.03. The van der Waals surface area contributed by atoms with Crippen molar-refractivity contribution in [1.82, 2.24) is 15.4 Å². The Kier molecular flexibility index (Phi) is 9.42. The third kappa shape index (κ3) is 8.55. The maximum absolute atomic E-state index is 11.9. The van der Waals surface area contributed by atoms with Crippen molar-refractivity contribution < 1.29 is 13.2 Å². The zero-order valence-electron chi connectivity index (χ0n) is 13.7. The molecule has 0 aromatic heterocycles. The van der Waals surface area contributed by atoms with Crippen molar-refractivity contribution in [1.29, 1.82) is 0 Å². The van der Waals surface area contributed by atoms with Gasteiger partial charge in [0.2, 0.25) is 10.0 Å². The van der Waals surface area contributed by atoms with Crippen molar-refractivity contribution in [3.8, 4) is 0 Å². The SMILES string of the molecule is CCNC(=NCCOCC)NCCS(=O)(=O)NCC1CCC1. The van der Waals surface area contributed by atoms with Crippen LogP contribution in [-0.4, -0.2) is 59.5 Å². The summed E-state index contributed by atoms with van der Waals surface area (Å²) in [6.45, 7) is 7.33. The van der Waals surface area contributed by atoms with Crippen LogP contribution < -0.4 is 15.4 Å². The number of hydrogen-bond acceptors (Lipinski definition) is 4. The van der Waals surface area contributed by atoms with Crippen molar-refractivity contribution in [3.63, 3.8) is 0 Å². The maximum atomic E-state index is 11.9. The summed E-state index contributed by atoms with van der Waals surface area (Å²) in [7, 11) is -3.21. The molecule has 130 valence electrons. The van der Waals surface area contributed by atoms with Crippen molar-refractivity contribution in [2.45, 2.75) is 33.1 Å². The Bertz CT molecular complexity index is 422. The van der Waals surface area contributed by atoms with E-state index >= 15 is 0 Å². The molecule has 22 heavy (non-hydrogen) atoms. The Morgan fingerprint density at radius 2 is 2.05 bits per heavy atom. The second-order valence-electron chi connectivity index (χ2n) is 5.35. The van der Waals surface area contributed by atoms with Crippen molar-refractivity contribution >= 4 is 16.0 Å². The van der Waals surface area contributed by atoms with Crippen LogP contribution in [0.5, 0.6) is 0 Å². The molecule has 1 saturated carbocycles. The fraction of sp³-hybridized carbons (Fsp3) is 0.929. The second-order valence-corrected chi connectivity index (χ2v) is 7.28. The number of rotatable bonds is 11. The van der Waals surface area contributed by atoms with Gasteiger partial charge in [0.1, 0.15) is 0 Å². The largest absolute Gasteiger partial charge is 0.380 e. The van der Waals surface area contributed by atoms with Crippen LogP contribution in [0.15, 0.2) is 4.99 Å². The number of hydrogen-bond donors (Lipinski definition) is 3. The third-order valence-corrected chi connectivity index (χ3v) is 4.88. The predicted octanol–water partition coefficient (Wildman–Crippen LogP) is 0.298. The molecule has 0 saturated heterocycles. The van der Waals surface area contributed by atoms with Crippen LogP contribution in [0.4, 0.5) is 0 Å². The van der Waals surface area contributed by atoms with Gasteiger partial charge in [-0.1, -0.05) is 6.42 Å². The first kappa shape index (κ1) is 19.2. The first-order chi connectivity index (χ1) is 10.6. The molecule has 1 aliphatic carbocycles. The number of nitrogens with one attached hydrogen (secondary N) is 3. The van der Waals surface area contributed by atoms with Gasteiger partial charge in [0.05, 0.1) is 18.9 Å². The quantitative estimate of drug-likeness (QED) is 0.287. The molecule has 0 amide bonds. The molecule has 0 heterocycles. The van der Waals surface area contributed by atoms with E-state index < -0.39 is 10.0 Å².